The third-order valence-electron chi connectivity index (χ3n) is 4.61. The molecule has 122 valence electrons. The molecule has 1 aliphatic carbocycles. The Morgan fingerprint density at radius 1 is 1.25 bits per heavy atom. The smallest absolute Gasteiger partial charge is 0.252 e. The van der Waals surface area contributed by atoms with Gasteiger partial charge in [0, 0.05) is 19.0 Å². The molecular formula is C19H20N4O. The number of ketones is 1. The van der Waals surface area contributed by atoms with Crippen LogP contribution in [0, 0.1) is 6.92 Å². The van der Waals surface area contributed by atoms with Crippen molar-refractivity contribution < 1.29 is 4.79 Å². The Labute approximate surface area is 140 Å². The minimum Gasteiger partial charge on any atom is -0.294 e. The molecule has 2 aromatic heterocycles. The molecule has 1 atom stereocenters. The van der Waals surface area contributed by atoms with Crippen molar-refractivity contribution in [3.8, 4) is 0 Å². The Morgan fingerprint density at radius 2 is 2.12 bits per heavy atom. The van der Waals surface area contributed by atoms with Crippen LogP contribution in [0.3, 0.4) is 0 Å². The molecular weight excluding hydrogens is 300 g/mol. The first-order valence-corrected chi connectivity index (χ1v) is 8.49. The van der Waals surface area contributed by atoms with Gasteiger partial charge in [-0.2, -0.15) is 4.98 Å². The number of benzene rings is 1. The van der Waals surface area contributed by atoms with Gasteiger partial charge in [0.2, 0.25) is 0 Å². The number of aryl methyl sites for hydroxylation is 2. The summed E-state index contributed by atoms with van der Waals surface area (Å²) >= 11 is 0. The van der Waals surface area contributed by atoms with E-state index in [1.165, 1.54) is 11.1 Å². The molecule has 0 saturated heterocycles. The summed E-state index contributed by atoms with van der Waals surface area (Å²) in [5, 5.41) is 4.42. The Bertz CT molecular complexity index is 928. The van der Waals surface area contributed by atoms with E-state index in [1.54, 1.807) is 10.7 Å². The van der Waals surface area contributed by atoms with Crippen molar-refractivity contribution >= 4 is 11.6 Å². The molecule has 2 heterocycles. The van der Waals surface area contributed by atoms with Crippen LogP contribution >= 0.6 is 0 Å². The molecule has 0 spiro atoms. The highest BCUT2D eigenvalue weighted by Gasteiger charge is 2.28. The molecule has 0 unspecified atom stereocenters. The summed E-state index contributed by atoms with van der Waals surface area (Å²) < 4.78 is 1.65. The van der Waals surface area contributed by atoms with Crippen molar-refractivity contribution in [3.63, 3.8) is 0 Å². The second-order valence-corrected chi connectivity index (χ2v) is 6.57. The number of aromatic nitrogens is 4. The zero-order valence-corrected chi connectivity index (χ0v) is 14.0. The minimum absolute atomic E-state index is 0.143. The Morgan fingerprint density at radius 3 is 2.92 bits per heavy atom. The Hall–Kier alpha value is -2.56. The lowest BCUT2D eigenvalue weighted by molar-refractivity contribution is 0.0962. The summed E-state index contributed by atoms with van der Waals surface area (Å²) in [4.78, 5) is 21.7. The molecule has 0 amide bonds. The first kappa shape index (κ1) is 15.0. The predicted octanol–water partition coefficient (Wildman–Crippen LogP) is 3.30. The van der Waals surface area contributed by atoms with Gasteiger partial charge in [0.05, 0.1) is 11.3 Å². The lowest BCUT2D eigenvalue weighted by Gasteiger charge is -2.23. The van der Waals surface area contributed by atoms with Gasteiger partial charge >= 0.3 is 0 Å². The summed E-state index contributed by atoms with van der Waals surface area (Å²) in [7, 11) is 0. The maximum atomic E-state index is 12.6. The van der Waals surface area contributed by atoms with Crippen molar-refractivity contribution in [1.82, 2.24) is 19.6 Å². The standard InChI is InChI=1S/C19H20N4O/c1-3-5-18-21-19-20-16-9-14(13-7-4-6-12(2)8-13)10-17(24)15(16)11-23(19)22-18/h4,6-8,11,14H,3,5,9-10H2,1-2H3/t14-/m1/s1. The van der Waals surface area contributed by atoms with Gasteiger partial charge in [0.25, 0.3) is 5.78 Å². The topological polar surface area (TPSA) is 60.1 Å². The molecule has 0 N–H and O–H groups in total. The number of fused-ring (bicyclic) bond motifs is 2. The number of nitrogens with zero attached hydrogens (tertiary/aromatic N) is 4. The SMILES string of the molecule is CCCc1nc2nc3c(cn2n1)C(=O)C[C@H](c1cccc(C)c1)C3. The highest BCUT2D eigenvalue weighted by atomic mass is 16.1. The van der Waals surface area contributed by atoms with Crippen molar-refractivity contribution in [2.45, 2.75) is 45.4 Å². The van der Waals surface area contributed by atoms with Crippen LogP contribution in [0.25, 0.3) is 5.78 Å². The van der Waals surface area contributed by atoms with E-state index in [0.29, 0.717) is 17.8 Å². The predicted molar refractivity (Wildman–Crippen MR) is 91.3 cm³/mol. The fraction of sp³-hybridized carbons (Fsp3) is 0.368. The van der Waals surface area contributed by atoms with E-state index in [1.807, 2.05) is 0 Å². The second kappa shape index (κ2) is 5.82. The molecule has 5 nitrogen and oxygen atoms in total. The first-order chi connectivity index (χ1) is 11.6. The van der Waals surface area contributed by atoms with Crippen LogP contribution in [-0.4, -0.2) is 25.4 Å². The van der Waals surface area contributed by atoms with Crippen molar-refractivity contribution in [3.05, 3.63) is 58.7 Å². The van der Waals surface area contributed by atoms with Gasteiger partial charge in [0.15, 0.2) is 11.6 Å². The molecule has 0 saturated carbocycles. The summed E-state index contributed by atoms with van der Waals surface area (Å²) in [6, 6.07) is 8.40. The Kier molecular flexibility index (Phi) is 3.63. The van der Waals surface area contributed by atoms with Gasteiger partial charge < -0.3 is 0 Å². The van der Waals surface area contributed by atoms with Crippen molar-refractivity contribution in [1.29, 1.82) is 0 Å². The summed E-state index contributed by atoms with van der Waals surface area (Å²) in [5.74, 6) is 1.72. The molecule has 4 rings (SSSR count). The van der Waals surface area contributed by atoms with E-state index < -0.39 is 0 Å². The molecule has 1 aromatic carbocycles. The van der Waals surface area contributed by atoms with Crippen LogP contribution in [0.2, 0.25) is 0 Å². The monoisotopic (exact) mass is 320 g/mol. The zero-order chi connectivity index (χ0) is 16.7. The largest absolute Gasteiger partial charge is 0.294 e. The van der Waals surface area contributed by atoms with E-state index in [0.717, 1.165) is 30.8 Å². The van der Waals surface area contributed by atoms with E-state index in [9.17, 15) is 4.79 Å². The average Bonchev–Trinajstić information content (AvgIpc) is 2.94. The summed E-state index contributed by atoms with van der Waals surface area (Å²) in [5.41, 5.74) is 3.97. The van der Waals surface area contributed by atoms with Gasteiger partial charge in [-0.25, -0.2) is 9.50 Å². The zero-order valence-electron chi connectivity index (χ0n) is 14.0. The molecule has 24 heavy (non-hydrogen) atoms. The fourth-order valence-corrected chi connectivity index (χ4v) is 3.42. The number of hydrogen-bond acceptors (Lipinski definition) is 4. The summed E-state index contributed by atoms with van der Waals surface area (Å²) in [6.45, 7) is 4.18. The minimum atomic E-state index is 0.143. The molecule has 5 heteroatoms. The van der Waals surface area contributed by atoms with Gasteiger partial charge in [0.1, 0.15) is 0 Å². The molecule has 0 aliphatic heterocycles. The van der Waals surface area contributed by atoms with Crippen LogP contribution in [0.4, 0.5) is 0 Å². The first-order valence-electron chi connectivity index (χ1n) is 8.49. The van der Waals surface area contributed by atoms with Gasteiger partial charge in [-0.15, -0.1) is 5.10 Å². The average molecular weight is 320 g/mol. The lowest BCUT2D eigenvalue weighted by atomic mass is 9.82. The van der Waals surface area contributed by atoms with Crippen LogP contribution in [0.15, 0.2) is 30.5 Å². The molecule has 0 fully saturated rings. The molecule has 0 radical (unpaired) electrons. The van der Waals surface area contributed by atoms with Crippen LogP contribution in [-0.2, 0) is 12.8 Å². The van der Waals surface area contributed by atoms with E-state index in [4.69, 9.17) is 0 Å². The van der Waals surface area contributed by atoms with E-state index in [-0.39, 0.29) is 11.7 Å². The van der Waals surface area contributed by atoms with E-state index in [2.05, 4.69) is 53.2 Å². The molecule has 1 aliphatic rings. The number of hydrogen-bond donors (Lipinski definition) is 0. The third kappa shape index (κ3) is 2.60. The highest BCUT2D eigenvalue weighted by molar-refractivity contribution is 5.98. The number of rotatable bonds is 3. The number of carbonyl (C=O) groups is 1. The lowest BCUT2D eigenvalue weighted by Crippen LogP contribution is -2.21. The molecule has 0 bridgehead atoms. The summed E-state index contributed by atoms with van der Waals surface area (Å²) in [6.07, 6.45) is 4.93. The van der Waals surface area contributed by atoms with Crippen LogP contribution in [0.1, 0.15) is 58.7 Å². The normalized spacial score (nSPS) is 17.2. The maximum Gasteiger partial charge on any atom is 0.252 e. The quantitative estimate of drug-likeness (QED) is 0.743. The van der Waals surface area contributed by atoms with Crippen LogP contribution < -0.4 is 0 Å². The van der Waals surface area contributed by atoms with E-state index >= 15 is 0 Å². The van der Waals surface area contributed by atoms with Gasteiger partial charge in [-0.3, -0.25) is 4.79 Å². The second-order valence-electron chi connectivity index (χ2n) is 6.57. The fourth-order valence-electron chi connectivity index (χ4n) is 3.42. The highest BCUT2D eigenvalue weighted by Crippen LogP contribution is 2.32. The third-order valence-corrected chi connectivity index (χ3v) is 4.61. The number of Topliss-reactive ketones (excluding diaryl/α,β-unsaturated/α-hetero) is 1. The van der Waals surface area contributed by atoms with Crippen molar-refractivity contribution in [2.75, 3.05) is 0 Å². The van der Waals surface area contributed by atoms with Gasteiger partial charge in [-0.05, 0) is 31.2 Å². The van der Waals surface area contributed by atoms with Crippen molar-refractivity contribution in [2.24, 2.45) is 0 Å². The molecule has 3 aromatic rings. The Balaban J connectivity index is 1.73. The maximum absolute atomic E-state index is 12.6. The number of carbonyl (C=O) groups excluding carboxylic acids is 1. The van der Waals surface area contributed by atoms with Gasteiger partial charge in [-0.1, -0.05) is 36.8 Å². The van der Waals surface area contributed by atoms with Crippen LogP contribution in [0.5, 0.6) is 0 Å².